The third-order valence-electron chi connectivity index (χ3n) is 5.79. The van der Waals surface area contributed by atoms with E-state index in [0.717, 1.165) is 55.3 Å². The molecule has 5 heteroatoms. The Morgan fingerprint density at radius 2 is 1.27 bits per heavy atom. The number of rotatable bonds is 1. The lowest BCUT2D eigenvalue weighted by Crippen LogP contribution is -1.95. The summed E-state index contributed by atoms with van der Waals surface area (Å²) in [5.74, 6) is 0. The van der Waals surface area contributed by atoms with Gasteiger partial charge in [-0.1, -0.05) is 36.4 Å². The van der Waals surface area contributed by atoms with Crippen molar-refractivity contribution >= 4 is 49.7 Å². The Bertz CT molecular complexity index is 1740. The SMILES string of the molecule is c1ccc(-n2c3ccccc3c3c2nc2c4cccnc4c4cccnc4n23)cc1. The fraction of sp³-hybridized carbons (Fsp3) is 0. The van der Waals surface area contributed by atoms with Crippen LogP contribution in [0.3, 0.4) is 0 Å². The minimum absolute atomic E-state index is 0.872. The molecule has 7 rings (SSSR count). The molecule has 0 N–H and O–H groups in total. The van der Waals surface area contributed by atoms with Gasteiger partial charge < -0.3 is 0 Å². The summed E-state index contributed by atoms with van der Waals surface area (Å²) >= 11 is 0. The first kappa shape index (κ1) is 15.6. The van der Waals surface area contributed by atoms with E-state index in [4.69, 9.17) is 9.97 Å². The Hall–Kier alpha value is -4.25. The lowest BCUT2D eigenvalue weighted by atomic mass is 10.2. The van der Waals surface area contributed by atoms with Crippen molar-refractivity contribution in [3.05, 3.63) is 91.3 Å². The number of aromatic nitrogens is 5. The van der Waals surface area contributed by atoms with Crippen LogP contribution in [0.5, 0.6) is 0 Å². The average molecular weight is 385 g/mol. The lowest BCUT2D eigenvalue weighted by molar-refractivity contribution is 1.15. The zero-order valence-electron chi connectivity index (χ0n) is 15.9. The lowest BCUT2D eigenvalue weighted by Gasteiger charge is -2.07. The van der Waals surface area contributed by atoms with Crippen molar-refractivity contribution in [3.63, 3.8) is 0 Å². The standard InChI is InChI=1S/C25H15N5/c1-2-8-16(9-3-1)29-20-13-5-4-10-17(20)22-25(29)28-24-19-12-6-14-26-21(19)18-11-7-15-27-23(18)30(22)24/h1-15H. The molecular weight excluding hydrogens is 370 g/mol. The highest BCUT2D eigenvalue weighted by Crippen LogP contribution is 2.36. The van der Waals surface area contributed by atoms with Gasteiger partial charge in [-0.05, 0) is 42.5 Å². The molecular formula is C25H15N5. The third kappa shape index (κ3) is 1.89. The quantitative estimate of drug-likeness (QED) is 0.349. The van der Waals surface area contributed by atoms with Crippen molar-refractivity contribution in [2.45, 2.75) is 0 Å². The molecule has 0 fully saturated rings. The fourth-order valence-corrected chi connectivity index (χ4v) is 4.57. The van der Waals surface area contributed by atoms with Gasteiger partial charge in [-0.2, -0.15) is 0 Å². The predicted molar refractivity (Wildman–Crippen MR) is 120 cm³/mol. The minimum atomic E-state index is 0.872. The molecule has 7 aromatic rings. The summed E-state index contributed by atoms with van der Waals surface area (Å²) in [4.78, 5) is 14.6. The molecule has 0 radical (unpaired) electrons. The van der Waals surface area contributed by atoms with E-state index in [1.54, 1.807) is 0 Å². The maximum Gasteiger partial charge on any atom is 0.165 e. The Balaban J connectivity index is 1.83. The van der Waals surface area contributed by atoms with Gasteiger partial charge in [0.15, 0.2) is 11.3 Å². The smallest absolute Gasteiger partial charge is 0.165 e. The highest BCUT2D eigenvalue weighted by Gasteiger charge is 2.21. The molecule has 0 amide bonds. The van der Waals surface area contributed by atoms with Crippen LogP contribution < -0.4 is 0 Å². The Morgan fingerprint density at radius 3 is 2.13 bits per heavy atom. The van der Waals surface area contributed by atoms with Gasteiger partial charge in [0.25, 0.3) is 0 Å². The van der Waals surface area contributed by atoms with Crippen molar-refractivity contribution in [1.29, 1.82) is 0 Å². The number of benzene rings is 2. The number of pyridine rings is 3. The zero-order chi connectivity index (χ0) is 19.7. The van der Waals surface area contributed by atoms with E-state index in [1.165, 1.54) is 0 Å². The van der Waals surface area contributed by atoms with E-state index in [-0.39, 0.29) is 0 Å². The maximum absolute atomic E-state index is 5.15. The molecule has 140 valence electrons. The van der Waals surface area contributed by atoms with E-state index in [0.29, 0.717) is 0 Å². The van der Waals surface area contributed by atoms with Gasteiger partial charge in [-0.3, -0.25) is 14.0 Å². The van der Waals surface area contributed by atoms with Crippen molar-refractivity contribution in [2.24, 2.45) is 0 Å². The summed E-state index contributed by atoms with van der Waals surface area (Å²) < 4.78 is 4.42. The molecule has 0 bridgehead atoms. The zero-order valence-corrected chi connectivity index (χ0v) is 15.9. The first-order valence-electron chi connectivity index (χ1n) is 9.90. The van der Waals surface area contributed by atoms with Gasteiger partial charge in [0.2, 0.25) is 0 Å². The molecule has 5 aromatic heterocycles. The molecule has 0 unspecified atom stereocenters. The largest absolute Gasteiger partial charge is 0.293 e. The molecule has 5 heterocycles. The Morgan fingerprint density at radius 1 is 0.567 bits per heavy atom. The van der Waals surface area contributed by atoms with Crippen LogP contribution in [-0.2, 0) is 0 Å². The summed E-state index contributed by atoms with van der Waals surface area (Å²) in [6, 6.07) is 26.9. The molecule has 30 heavy (non-hydrogen) atoms. The highest BCUT2D eigenvalue weighted by atomic mass is 15.2. The molecule has 0 aliphatic rings. The van der Waals surface area contributed by atoms with Gasteiger partial charge in [0, 0.05) is 34.2 Å². The normalized spacial score (nSPS) is 12.0. The summed E-state index contributed by atoms with van der Waals surface area (Å²) in [6.07, 6.45) is 3.66. The van der Waals surface area contributed by atoms with E-state index < -0.39 is 0 Å². The highest BCUT2D eigenvalue weighted by molar-refractivity contribution is 6.15. The molecule has 5 nitrogen and oxygen atoms in total. The fourth-order valence-electron chi connectivity index (χ4n) is 4.57. The summed E-state index contributed by atoms with van der Waals surface area (Å²) in [7, 11) is 0. The van der Waals surface area contributed by atoms with Gasteiger partial charge in [-0.15, -0.1) is 0 Å². The summed E-state index contributed by atoms with van der Waals surface area (Å²) in [6.45, 7) is 0. The Labute approximate surface area is 170 Å². The first-order valence-corrected chi connectivity index (χ1v) is 9.90. The van der Waals surface area contributed by atoms with Crippen LogP contribution in [0.25, 0.3) is 55.3 Å². The monoisotopic (exact) mass is 385 g/mol. The van der Waals surface area contributed by atoms with E-state index in [2.05, 4.69) is 74.6 Å². The van der Waals surface area contributed by atoms with Crippen LogP contribution in [0.2, 0.25) is 0 Å². The maximum atomic E-state index is 5.15. The number of imidazole rings is 1. The number of hydrogen-bond donors (Lipinski definition) is 0. The van der Waals surface area contributed by atoms with E-state index in [9.17, 15) is 0 Å². The average Bonchev–Trinajstić information content (AvgIpc) is 3.35. The van der Waals surface area contributed by atoms with Crippen LogP contribution in [-0.4, -0.2) is 23.9 Å². The minimum Gasteiger partial charge on any atom is -0.293 e. The predicted octanol–water partition coefficient (Wildman–Crippen LogP) is 5.53. The van der Waals surface area contributed by atoms with Gasteiger partial charge in [0.1, 0.15) is 11.2 Å². The van der Waals surface area contributed by atoms with Crippen molar-refractivity contribution in [2.75, 3.05) is 0 Å². The number of nitrogens with zero attached hydrogens (tertiary/aromatic N) is 5. The van der Waals surface area contributed by atoms with Crippen molar-refractivity contribution in [3.8, 4) is 5.69 Å². The summed E-state index contributed by atoms with van der Waals surface area (Å²) in [5, 5.41) is 3.20. The van der Waals surface area contributed by atoms with Crippen LogP contribution in [0.1, 0.15) is 0 Å². The second kappa shape index (κ2) is 5.64. The van der Waals surface area contributed by atoms with Crippen molar-refractivity contribution in [1.82, 2.24) is 23.9 Å². The first-order chi connectivity index (χ1) is 14.9. The molecule has 2 aromatic carbocycles. The molecule has 0 atom stereocenters. The topological polar surface area (TPSA) is 48.0 Å². The summed E-state index contributed by atoms with van der Waals surface area (Å²) in [5.41, 5.74) is 6.89. The van der Waals surface area contributed by atoms with Crippen LogP contribution in [0.15, 0.2) is 91.3 Å². The molecule has 0 aliphatic carbocycles. The van der Waals surface area contributed by atoms with Crippen LogP contribution >= 0.6 is 0 Å². The van der Waals surface area contributed by atoms with E-state index in [1.807, 2.05) is 30.6 Å². The second-order valence-electron chi connectivity index (χ2n) is 7.41. The van der Waals surface area contributed by atoms with Gasteiger partial charge >= 0.3 is 0 Å². The second-order valence-corrected chi connectivity index (χ2v) is 7.41. The number of hydrogen-bond acceptors (Lipinski definition) is 3. The van der Waals surface area contributed by atoms with Gasteiger partial charge in [-0.25, -0.2) is 9.97 Å². The van der Waals surface area contributed by atoms with Crippen molar-refractivity contribution < 1.29 is 0 Å². The van der Waals surface area contributed by atoms with E-state index >= 15 is 0 Å². The molecule has 0 saturated carbocycles. The Kier molecular flexibility index (Phi) is 2.94. The third-order valence-corrected chi connectivity index (χ3v) is 5.79. The van der Waals surface area contributed by atoms with Crippen LogP contribution in [0.4, 0.5) is 0 Å². The molecule has 0 aliphatic heterocycles. The van der Waals surface area contributed by atoms with Gasteiger partial charge in [0.05, 0.1) is 11.0 Å². The van der Waals surface area contributed by atoms with Crippen LogP contribution in [0, 0.1) is 0 Å². The molecule has 0 spiro atoms. The number of fused-ring (bicyclic) bond motifs is 10. The number of para-hydroxylation sites is 2. The molecule has 0 saturated heterocycles.